The number of carbonyl (C=O) groups excluding carboxylic acids is 3. The molecule has 2 amide bonds. The minimum Gasteiger partial charge on any atom is -0.462 e. The van der Waals surface area contributed by atoms with Crippen LogP contribution in [0.25, 0.3) is 11.5 Å². The van der Waals surface area contributed by atoms with Crippen LogP contribution in [0.3, 0.4) is 0 Å². The number of carbonyl (C=O) groups is 3. The van der Waals surface area contributed by atoms with E-state index in [1.165, 1.54) is 7.05 Å². The second-order valence-electron chi connectivity index (χ2n) is 6.64. The molecule has 0 atom stereocenters. The minimum atomic E-state index is -0.598. The van der Waals surface area contributed by atoms with Gasteiger partial charge in [0.1, 0.15) is 5.00 Å². The van der Waals surface area contributed by atoms with E-state index in [1.54, 1.807) is 13.8 Å². The molecule has 168 valence electrons. The second-order valence-corrected chi connectivity index (χ2v) is 8.58. The number of ether oxygens (including phenoxy) is 1. The third-order valence-corrected chi connectivity index (χ3v) is 6.37. The van der Waals surface area contributed by atoms with Gasteiger partial charge in [-0.1, -0.05) is 29.5 Å². The van der Waals surface area contributed by atoms with Crippen molar-refractivity contribution >= 4 is 45.9 Å². The van der Waals surface area contributed by atoms with Gasteiger partial charge in [-0.05, 0) is 38.5 Å². The monoisotopic (exact) mass is 474 g/mol. The summed E-state index contributed by atoms with van der Waals surface area (Å²) < 4.78 is 10.7. The highest BCUT2D eigenvalue weighted by Crippen LogP contribution is 2.34. The van der Waals surface area contributed by atoms with Crippen LogP contribution in [0.15, 0.2) is 33.9 Å². The van der Waals surface area contributed by atoms with Gasteiger partial charge in [-0.25, -0.2) is 4.79 Å². The van der Waals surface area contributed by atoms with E-state index in [0.29, 0.717) is 16.3 Å². The van der Waals surface area contributed by atoms with E-state index in [9.17, 15) is 14.4 Å². The number of esters is 1. The Balaban J connectivity index is 1.70. The summed E-state index contributed by atoms with van der Waals surface area (Å²) in [6.07, 6.45) is 0. The molecule has 1 aromatic carbocycles. The van der Waals surface area contributed by atoms with Crippen LogP contribution < -0.4 is 10.6 Å². The molecule has 3 aromatic rings. The van der Waals surface area contributed by atoms with Crippen LogP contribution in [-0.4, -0.2) is 47.4 Å². The molecule has 9 nitrogen and oxygen atoms in total. The maximum Gasteiger partial charge on any atom is 0.341 e. The molecule has 11 heteroatoms. The first-order chi connectivity index (χ1) is 15.3. The molecular weight excluding hydrogens is 452 g/mol. The van der Waals surface area contributed by atoms with E-state index >= 15 is 0 Å². The fraction of sp³-hybridized carbons (Fsp3) is 0.286. The largest absolute Gasteiger partial charge is 0.462 e. The number of aryl methyl sites for hydroxylation is 1. The van der Waals surface area contributed by atoms with Gasteiger partial charge in [0.05, 0.1) is 22.8 Å². The molecular formula is C21H22N4O5S2. The Kier molecular flexibility index (Phi) is 7.65. The van der Waals surface area contributed by atoms with E-state index in [-0.39, 0.29) is 40.0 Å². The van der Waals surface area contributed by atoms with Gasteiger partial charge >= 0.3 is 5.97 Å². The van der Waals surface area contributed by atoms with E-state index in [0.717, 1.165) is 34.2 Å². The predicted molar refractivity (Wildman–Crippen MR) is 122 cm³/mol. The lowest BCUT2D eigenvalue weighted by Crippen LogP contribution is -2.18. The molecule has 32 heavy (non-hydrogen) atoms. The molecule has 0 aliphatic carbocycles. The normalized spacial score (nSPS) is 10.6. The quantitative estimate of drug-likeness (QED) is 0.374. The van der Waals surface area contributed by atoms with E-state index in [4.69, 9.17) is 9.15 Å². The van der Waals surface area contributed by atoms with Crippen LogP contribution in [-0.2, 0) is 9.53 Å². The summed E-state index contributed by atoms with van der Waals surface area (Å²) >= 11 is 2.09. The number of thiophene rings is 1. The van der Waals surface area contributed by atoms with Crippen molar-refractivity contribution in [3.8, 4) is 11.5 Å². The molecule has 2 aromatic heterocycles. The lowest BCUT2D eigenvalue weighted by atomic mass is 10.1. The van der Waals surface area contributed by atoms with Crippen LogP contribution in [0.1, 0.15) is 38.1 Å². The van der Waals surface area contributed by atoms with Crippen LogP contribution in [0, 0.1) is 13.8 Å². The van der Waals surface area contributed by atoms with Crippen molar-refractivity contribution in [1.29, 1.82) is 0 Å². The number of anilines is 1. The van der Waals surface area contributed by atoms with E-state index in [1.807, 2.05) is 31.2 Å². The zero-order valence-electron chi connectivity index (χ0n) is 18.0. The van der Waals surface area contributed by atoms with Gasteiger partial charge in [-0.3, -0.25) is 9.59 Å². The summed E-state index contributed by atoms with van der Waals surface area (Å²) in [4.78, 5) is 37.4. The Hall–Kier alpha value is -3.18. The summed E-state index contributed by atoms with van der Waals surface area (Å²) in [7, 11) is 1.50. The number of amides is 2. The number of benzene rings is 1. The van der Waals surface area contributed by atoms with Crippen molar-refractivity contribution < 1.29 is 23.5 Å². The van der Waals surface area contributed by atoms with Crippen LogP contribution in [0.2, 0.25) is 0 Å². The summed E-state index contributed by atoms with van der Waals surface area (Å²) in [5, 5.41) is 13.7. The molecule has 0 fully saturated rings. The zero-order chi connectivity index (χ0) is 23.3. The minimum absolute atomic E-state index is 0.0238. The van der Waals surface area contributed by atoms with Crippen molar-refractivity contribution in [2.45, 2.75) is 26.0 Å². The summed E-state index contributed by atoms with van der Waals surface area (Å²) in [5.74, 6) is -0.993. The molecule has 0 aliphatic heterocycles. The fourth-order valence-corrected chi connectivity index (χ4v) is 4.47. The first-order valence-electron chi connectivity index (χ1n) is 9.69. The predicted octanol–water partition coefficient (Wildman–Crippen LogP) is 3.68. The van der Waals surface area contributed by atoms with Crippen molar-refractivity contribution in [3.05, 3.63) is 45.8 Å². The smallest absolute Gasteiger partial charge is 0.341 e. The lowest BCUT2D eigenvalue weighted by molar-refractivity contribution is -0.113. The summed E-state index contributed by atoms with van der Waals surface area (Å²) in [6, 6.07) is 7.64. The summed E-state index contributed by atoms with van der Waals surface area (Å²) in [6.45, 7) is 5.48. The fourth-order valence-electron chi connectivity index (χ4n) is 2.75. The van der Waals surface area contributed by atoms with Gasteiger partial charge in [-0.2, -0.15) is 0 Å². The first kappa shape index (κ1) is 23.5. The number of hydrogen-bond acceptors (Lipinski definition) is 9. The third-order valence-electron chi connectivity index (χ3n) is 4.34. The highest BCUT2D eigenvalue weighted by atomic mass is 32.2. The van der Waals surface area contributed by atoms with Crippen LogP contribution >= 0.6 is 23.1 Å². The second kappa shape index (κ2) is 10.4. The number of rotatable bonds is 8. The number of nitrogens with one attached hydrogen (secondary N) is 2. The standard InChI is InChI=1S/C21H22N4O5S2/c1-5-29-20(28)15-12(3)16(17(27)22-4)32-19(15)23-14(26)10-31-21-25-24-18(30-21)13-8-6-11(2)7-9-13/h6-9H,5,10H2,1-4H3,(H,22,27)(H,23,26). The molecule has 2 N–H and O–H groups in total. The molecule has 0 saturated heterocycles. The Morgan fingerprint density at radius 3 is 2.53 bits per heavy atom. The number of nitrogens with zero attached hydrogens (tertiary/aromatic N) is 2. The van der Waals surface area contributed by atoms with Crippen LogP contribution in [0.5, 0.6) is 0 Å². The van der Waals surface area contributed by atoms with Crippen molar-refractivity contribution in [2.24, 2.45) is 0 Å². The van der Waals surface area contributed by atoms with Crippen LogP contribution in [0.4, 0.5) is 5.00 Å². The zero-order valence-corrected chi connectivity index (χ0v) is 19.6. The Morgan fingerprint density at radius 1 is 1.16 bits per heavy atom. The maximum atomic E-state index is 12.5. The average molecular weight is 475 g/mol. The average Bonchev–Trinajstić information content (AvgIpc) is 3.37. The molecule has 3 rings (SSSR count). The van der Waals surface area contributed by atoms with Gasteiger partial charge in [0.2, 0.25) is 11.8 Å². The van der Waals surface area contributed by atoms with Crippen molar-refractivity contribution in [2.75, 3.05) is 24.7 Å². The third kappa shape index (κ3) is 5.35. The SMILES string of the molecule is CCOC(=O)c1c(NC(=O)CSc2nnc(-c3ccc(C)cc3)o2)sc(C(=O)NC)c1C. The molecule has 0 spiro atoms. The highest BCUT2D eigenvalue weighted by Gasteiger charge is 2.26. The Labute approximate surface area is 192 Å². The maximum absolute atomic E-state index is 12.5. The van der Waals surface area contributed by atoms with Crippen molar-refractivity contribution in [3.63, 3.8) is 0 Å². The van der Waals surface area contributed by atoms with Gasteiger partial charge in [0, 0.05) is 12.6 Å². The summed E-state index contributed by atoms with van der Waals surface area (Å²) in [5.41, 5.74) is 2.53. The highest BCUT2D eigenvalue weighted by molar-refractivity contribution is 7.99. The van der Waals surface area contributed by atoms with Gasteiger partial charge < -0.3 is 19.8 Å². The van der Waals surface area contributed by atoms with E-state index in [2.05, 4.69) is 20.8 Å². The topological polar surface area (TPSA) is 123 Å². The molecule has 0 bridgehead atoms. The Bertz CT molecular complexity index is 1140. The molecule has 0 saturated carbocycles. The first-order valence-corrected chi connectivity index (χ1v) is 11.5. The molecule has 2 heterocycles. The van der Waals surface area contributed by atoms with Crippen molar-refractivity contribution in [1.82, 2.24) is 15.5 Å². The van der Waals surface area contributed by atoms with Gasteiger partial charge in [0.15, 0.2) is 0 Å². The van der Waals surface area contributed by atoms with Gasteiger partial charge in [-0.15, -0.1) is 21.5 Å². The van der Waals surface area contributed by atoms with Gasteiger partial charge in [0.25, 0.3) is 11.1 Å². The van der Waals surface area contributed by atoms with E-state index < -0.39 is 5.97 Å². The number of aromatic nitrogens is 2. The number of thioether (sulfide) groups is 1. The molecule has 0 radical (unpaired) electrons. The molecule has 0 aliphatic rings. The molecule has 0 unspecified atom stereocenters. The Morgan fingerprint density at radius 2 is 1.88 bits per heavy atom. The number of hydrogen-bond donors (Lipinski definition) is 2. The lowest BCUT2D eigenvalue weighted by Gasteiger charge is -2.06.